The summed E-state index contributed by atoms with van der Waals surface area (Å²) in [6.07, 6.45) is 64.0. The molecule has 0 saturated heterocycles. The summed E-state index contributed by atoms with van der Waals surface area (Å²) in [7, 11) is 1.56. The van der Waals surface area contributed by atoms with Crippen LogP contribution in [0.25, 0.3) is 0 Å². The van der Waals surface area contributed by atoms with Crippen molar-refractivity contribution in [2.45, 2.75) is 289 Å². The number of quaternary nitrogens is 1. The third-order valence-corrected chi connectivity index (χ3v) is 14.1. The number of aliphatic hydroxyl groups excluding tert-OH is 1. The van der Waals surface area contributed by atoms with Crippen molar-refractivity contribution in [3.63, 3.8) is 0 Å². The molecule has 3 unspecified atom stereocenters. The van der Waals surface area contributed by atoms with E-state index in [0.29, 0.717) is 17.4 Å². The van der Waals surface area contributed by atoms with E-state index < -0.39 is 20.0 Å². The van der Waals surface area contributed by atoms with E-state index in [2.05, 4.69) is 43.5 Å². The van der Waals surface area contributed by atoms with Gasteiger partial charge in [0.25, 0.3) is 0 Å². The highest BCUT2D eigenvalue weighted by atomic mass is 31.2. The molecule has 396 valence electrons. The molecule has 8 nitrogen and oxygen atoms in total. The standard InChI is InChI=1S/C58H113N2O6P/c1-6-8-10-12-14-16-18-20-22-24-25-26-27-28-29-30-31-32-33-34-35-36-37-39-41-43-45-47-49-51-57(61)56(55-66-67(63,64)65-54-53-60(3,4)5)59-58(62)52-50-48-46-44-42-40-38-23-21-19-17-15-13-11-9-7-2/h35-36,41,43,49,51,56-57,61H,6-34,37-40,42,44-48,50,52-55H2,1-5H3,(H-,59,62,63,64)/p+1/b36-35+,43-41+,51-49+. The maximum Gasteiger partial charge on any atom is 0.472 e. The molecule has 0 saturated carbocycles. The van der Waals surface area contributed by atoms with E-state index in [4.69, 9.17) is 9.05 Å². The Labute approximate surface area is 417 Å². The van der Waals surface area contributed by atoms with Crippen molar-refractivity contribution in [1.82, 2.24) is 5.32 Å². The monoisotopic (exact) mass is 966 g/mol. The lowest BCUT2D eigenvalue weighted by Gasteiger charge is -2.25. The van der Waals surface area contributed by atoms with Crippen molar-refractivity contribution < 1.29 is 32.9 Å². The molecule has 3 N–H and O–H groups in total. The number of allylic oxidation sites excluding steroid dienone is 5. The predicted octanol–water partition coefficient (Wildman–Crippen LogP) is 17.4. The summed E-state index contributed by atoms with van der Waals surface area (Å²) in [6, 6.07) is -0.867. The van der Waals surface area contributed by atoms with Gasteiger partial charge in [0, 0.05) is 6.42 Å². The molecule has 0 radical (unpaired) electrons. The van der Waals surface area contributed by atoms with Gasteiger partial charge in [-0.15, -0.1) is 0 Å². The largest absolute Gasteiger partial charge is 0.472 e. The first-order valence-corrected chi connectivity index (χ1v) is 30.4. The first-order chi connectivity index (χ1) is 32.5. The number of unbranched alkanes of at least 4 members (excludes halogenated alkanes) is 36. The molecule has 0 aliphatic carbocycles. The minimum absolute atomic E-state index is 0.0550. The number of carbonyl (C=O) groups excluding carboxylic acids is 1. The van der Waals surface area contributed by atoms with E-state index in [1.807, 2.05) is 27.2 Å². The third kappa shape index (κ3) is 52.4. The Balaban J connectivity index is 4.22. The molecule has 0 rings (SSSR count). The van der Waals surface area contributed by atoms with Crippen LogP contribution in [0.5, 0.6) is 0 Å². The summed E-state index contributed by atoms with van der Waals surface area (Å²) in [5.74, 6) is -0.187. The molecule has 3 atom stereocenters. The van der Waals surface area contributed by atoms with Crippen molar-refractivity contribution in [1.29, 1.82) is 0 Å². The zero-order valence-electron chi connectivity index (χ0n) is 45.2. The Kier molecular flexibility index (Phi) is 48.7. The van der Waals surface area contributed by atoms with Gasteiger partial charge in [-0.3, -0.25) is 13.8 Å². The number of rotatable bonds is 53. The van der Waals surface area contributed by atoms with Crippen molar-refractivity contribution in [2.75, 3.05) is 40.9 Å². The number of amides is 1. The fourth-order valence-corrected chi connectivity index (χ4v) is 9.28. The lowest BCUT2D eigenvalue weighted by Crippen LogP contribution is -2.45. The smallest absolute Gasteiger partial charge is 0.387 e. The van der Waals surface area contributed by atoms with Crippen LogP contribution in [0.2, 0.25) is 0 Å². The fourth-order valence-electron chi connectivity index (χ4n) is 8.55. The van der Waals surface area contributed by atoms with Gasteiger partial charge in [0.15, 0.2) is 0 Å². The minimum atomic E-state index is -4.35. The van der Waals surface area contributed by atoms with Gasteiger partial charge in [-0.25, -0.2) is 4.57 Å². The molecule has 0 fully saturated rings. The van der Waals surface area contributed by atoms with E-state index in [0.717, 1.165) is 44.9 Å². The quantitative estimate of drug-likeness (QED) is 0.0243. The van der Waals surface area contributed by atoms with Crippen LogP contribution in [0.15, 0.2) is 36.5 Å². The molecule has 0 heterocycles. The number of nitrogens with one attached hydrogen (secondary N) is 1. The number of aliphatic hydroxyl groups is 1. The van der Waals surface area contributed by atoms with Crippen LogP contribution in [0.4, 0.5) is 0 Å². The number of phosphoric ester groups is 1. The second-order valence-corrected chi connectivity index (χ2v) is 22.5. The molecular weight excluding hydrogens is 852 g/mol. The molecule has 0 aromatic carbocycles. The maximum absolute atomic E-state index is 12.9. The van der Waals surface area contributed by atoms with Crippen LogP contribution in [0, 0.1) is 0 Å². The van der Waals surface area contributed by atoms with Crippen LogP contribution in [-0.2, 0) is 18.4 Å². The van der Waals surface area contributed by atoms with E-state index in [9.17, 15) is 19.4 Å². The number of carbonyl (C=O) groups is 1. The highest BCUT2D eigenvalue weighted by Crippen LogP contribution is 2.43. The van der Waals surface area contributed by atoms with E-state index in [1.165, 1.54) is 212 Å². The Morgan fingerprint density at radius 1 is 0.493 bits per heavy atom. The Hall–Kier alpha value is -1.28. The molecule has 0 bridgehead atoms. The van der Waals surface area contributed by atoms with Gasteiger partial charge in [-0.1, -0.05) is 262 Å². The summed E-state index contributed by atoms with van der Waals surface area (Å²) in [4.78, 5) is 23.2. The van der Waals surface area contributed by atoms with E-state index in [1.54, 1.807) is 6.08 Å². The van der Waals surface area contributed by atoms with Gasteiger partial charge in [-0.2, -0.15) is 0 Å². The topological polar surface area (TPSA) is 105 Å². The average molecular weight is 967 g/mol. The average Bonchev–Trinajstić information content (AvgIpc) is 3.29. The fraction of sp³-hybridized carbons (Fsp3) is 0.879. The summed E-state index contributed by atoms with van der Waals surface area (Å²) < 4.78 is 23.7. The van der Waals surface area contributed by atoms with Crippen LogP contribution in [0.1, 0.15) is 277 Å². The normalized spacial score (nSPS) is 14.2. The first kappa shape index (κ1) is 65.7. The summed E-state index contributed by atoms with van der Waals surface area (Å²) in [5, 5.41) is 13.9. The molecule has 0 aliphatic rings. The number of nitrogens with zero attached hydrogens (tertiary/aromatic N) is 1. The van der Waals surface area contributed by atoms with Crippen LogP contribution < -0.4 is 5.32 Å². The summed E-state index contributed by atoms with van der Waals surface area (Å²) in [5.41, 5.74) is 0. The molecule has 0 aromatic rings. The van der Waals surface area contributed by atoms with Crippen LogP contribution >= 0.6 is 7.82 Å². The molecule has 0 aliphatic heterocycles. The highest BCUT2D eigenvalue weighted by Gasteiger charge is 2.27. The van der Waals surface area contributed by atoms with Gasteiger partial charge < -0.3 is 19.8 Å². The third-order valence-electron chi connectivity index (χ3n) is 13.1. The zero-order valence-corrected chi connectivity index (χ0v) is 46.0. The molecule has 1 amide bonds. The second kappa shape index (κ2) is 49.7. The molecule has 9 heteroatoms. The number of likely N-dealkylation sites (N-methyl/N-ethyl adjacent to an activating group) is 1. The SMILES string of the molecule is CCCCCCCCCCCCCCCCCCCCC/C=C/CC/C=C/CC/C=C/C(O)C(COP(=O)(O)OCC[N+](C)(C)C)NC(=O)CCCCCCCCCCCCCCCCCC. The highest BCUT2D eigenvalue weighted by molar-refractivity contribution is 7.47. The molecule has 67 heavy (non-hydrogen) atoms. The van der Waals surface area contributed by atoms with E-state index >= 15 is 0 Å². The second-order valence-electron chi connectivity index (χ2n) is 21.0. The number of hydrogen-bond acceptors (Lipinski definition) is 5. The first-order valence-electron chi connectivity index (χ1n) is 28.9. The van der Waals surface area contributed by atoms with Crippen molar-refractivity contribution >= 4 is 13.7 Å². The molecule has 0 aromatic heterocycles. The Bertz CT molecular complexity index is 1190. The Morgan fingerprint density at radius 3 is 1.19 bits per heavy atom. The van der Waals surface area contributed by atoms with Crippen molar-refractivity contribution in [3.05, 3.63) is 36.5 Å². The molecular formula is C58H114N2O6P+. The zero-order chi connectivity index (χ0) is 49.2. The van der Waals surface area contributed by atoms with Gasteiger partial charge in [-0.05, 0) is 44.9 Å². The van der Waals surface area contributed by atoms with Gasteiger partial charge in [0.05, 0.1) is 39.9 Å². The van der Waals surface area contributed by atoms with Crippen molar-refractivity contribution in [3.8, 4) is 0 Å². The van der Waals surface area contributed by atoms with Gasteiger partial charge >= 0.3 is 7.82 Å². The van der Waals surface area contributed by atoms with Gasteiger partial charge in [0.1, 0.15) is 13.2 Å². The van der Waals surface area contributed by atoms with Crippen LogP contribution in [0.3, 0.4) is 0 Å². The van der Waals surface area contributed by atoms with Gasteiger partial charge in [0.2, 0.25) is 5.91 Å². The maximum atomic E-state index is 12.9. The predicted molar refractivity (Wildman–Crippen MR) is 291 cm³/mol. The van der Waals surface area contributed by atoms with Crippen molar-refractivity contribution in [2.24, 2.45) is 0 Å². The van der Waals surface area contributed by atoms with E-state index in [-0.39, 0.29) is 19.1 Å². The lowest BCUT2D eigenvalue weighted by atomic mass is 10.0. The Morgan fingerprint density at radius 2 is 0.821 bits per heavy atom. The number of hydrogen-bond donors (Lipinski definition) is 3. The summed E-state index contributed by atoms with van der Waals surface area (Å²) in [6.45, 7) is 4.82. The lowest BCUT2D eigenvalue weighted by molar-refractivity contribution is -0.870. The van der Waals surface area contributed by atoms with Crippen LogP contribution in [-0.4, -0.2) is 73.4 Å². The number of phosphoric acid groups is 1. The summed E-state index contributed by atoms with van der Waals surface area (Å²) >= 11 is 0. The molecule has 0 spiro atoms. The minimum Gasteiger partial charge on any atom is -0.387 e.